The minimum Gasteiger partial charge on any atom is -0.378 e. The molecule has 2 heterocycles. The Labute approximate surface area is 213 Å². The average Bonchev–Trinajstić information content (AvgIpc) is 3.44. The molecular weight excluding hydrogens is 456 g/mol. The number of Topliss-reactive ketones (excluding diaryl/α,β-unsaturated/α-hetero) is 1. The third kappa shape index (κ3) is 5.32. The first-order chi connectivity index (χ1) is 17.2. The third-order valence-corrected chi connectivity index (χ3v) is 7.56. The maximum absolute atomic E-state index is 13.7. The number of likely N-dealkylation sites (tertiary alicyclic amines) is 2. The SMILES string of the molecule is CC(C)C[C@H](NC(=O)c1ccc(N(C)C)cc1)C(=O)N1CCC2[C@H]1C(=O)CN2C(=O)C1CC=CCC1. The van der Waals surface area contributed by atoms with Gasteiger partial charge in [0.2, 0.25) is 11.8 Å². The summed E-state index contributed by atoms with van der Waals surface area (Å²) in [6.45, 7) is 4.49. The van der Waals surface area contributed by atoms with Crippen molar-refractivity contribution < 1.29 is 19.2 Å². The summed E-state index contributed by atoms with van der Waals surface area (Å²) < 4.78 is 0. The second-order valence-electron chi connectivity index (χ2n) is 10.8. The zero-order valence-electron chi connectivity index (χ0n) is 21.8. The molecule has 2 aliphatic heterocycles. The van der Waals surface area contributed by atoms with Crippen molar-refractivity contribution >= 4 is 29.2 Å². The molecule has 8 heteroatoms. The number of benzene rings is 1. The molecular formula is C28H38N4O4. The van der Waals surface area contributed by atoms with Gasteiger partial charge in [0.25, 0.3) is 5.91 Å². The summed E-state index contributed by atoms with van der Waals surface area (Å²) in [6.07, 6.45) is 7.59. The van der Waals surface area contributed by atoms with Crippen LogP contribution in [0.5, 0.6) is 0 Å². The lowest BCUT2D eigenvalue weighted by Crippen LogP contribution is -2.53. The van der Waals surface area contributed by atoms with Gasteiger partial charge < -0.3 is 20.0 Å². The summed E-state index contributed by atoms with van der Waals surface area (Å²) in [7, 11) is 3.86. The smallest absolute Gasteiger partial charge is 0.251 e. The van der Waals surface area contributed by atoms with Crippen LogP contribution in [-0.2, 0) is 14.4 Å². The van der Waals surface area contributed by atoms with Gasteiger partial charge in [0.05, 0.1) is 12.6 Å². The minimum absolute atomic E-state index is 0.0303. The molecule has 2 fully saturated rings. The van der Waals surface area contributed by atoms with Gasteiger partial charge in [-0.15, -0.1) is 0 Å². The van der Waals surface area contributed by atoms with Crippen LogP contribution in [0.1, 0.15) is 56.3 Å². The number of nitrogens with zero attached hydrogens (tertiary/aromatic N) is 3. The molecule has 1 aromatic rings. The van der Waals surface area contributed by atoms with Crippen LogP contribution in [0.25, 0.3) is 0 Å². The topological polar surface area (TPSA) is 90.0 Å². The van der Waals surface area contributed by atoms with Gasteiger partial charge >= 0.3 is 0 Å². The lowest BCUT2D eigenvalue weighted by Gasteiger charge is -2.30. The Bertz CT molecular complexity index is 1030. The monoisotopic (exact) mass is 494 g/mol. The van der Waals surface area contributed by atoms with Gasteiger partial charge in [-0.1, -0.05) is 26.0 Å². The Hall–Kier alpha value is -3.16. The molecule has 3 amide bonds. The van der Waals surface area contributed by atoms with Crippen LogP contribution in [0.2, 0.25) is 0 Å². The number of carbonyl (C=O) groups excluding carboxylic acids is 4. The molecule has 0 saturated carbocycles. The van der Waals surface area contributed by atoms with Gasteiger partial charge in [-0.2, -0.15) is 0 Å². The van der Waals surface area contributed by atoms with Crippen LogP contribution >= 0.6 is 0 Å². The van der Waals surface area contributed by atoms with E-state index >= 15 is 0 Å². The predicted molar refractivity (Wildman–Crippen MR) is 139 cm³/mol. The van der Waals surface area contributed by atoms with Crippen molar-refractivity contribution in [1.29, 1.82) is 0 Å². The number of fused-ring (bicyclic) bond motifs is 1. The maximum atomic E-state index is 13.7. The maximum Gasteiger partial charge on any atom is 0.251 e. The van der Waals surface area contributed by atoms with Crippen LogP contribution in [-0.4, -0.2) is 78.6 Å². The molecule has 36 heavy (non-hydrogen) atoms. The molecule has 3 aliphatic rings. The molecule has 2 saturated heterocycles. The first-order valence-corrected chi connectivity index (χ1v) is 13.0. The van der Waals surface area contributed by atoms with Crippen molar-refractivity contribution in [2.45, 2.75) is 64.1 Å². The molecule has 0 bridgehead atoms. The fourth-order valence-electron chi connectivity index (χ4n) is 5.66. The number of nitrogens with one attached hydrogen (secondary N) is 1. The van der Waals surface area contributed by atoms with Crippen molar-refractivity contribution in [3.8, 4) is 0 Å². The van der Waals surface area contributed by atoms with Gasteiger partial charge in [0, 0.05) is 37.8 Å². The van der Waals surface area contributed by atoms with E-state index in [1.54, 1.807) is 21.9 Å². The van der Waals surface area contributed by atoms with Crippen LogP contribution in [0.3, 0.4) is 0 Å². The van der Waals surface area contributed by atoms with Crippen LogP contribution in [0, 0.1) is 11.8 Å². The van der Waals surface area contributed by atoms with E-state index in [0.29, 0.717) is 31.4 Å². The molecule has 8 nitrogen and oxygen atoms in total. The average molecular weight is 495 g/mol. The summed E-state index contributed by atoms with van der Waals surface area (Å²) >= 11 is 0. The molecule has 194 valence electrons. The summed E-state index contributed by atoms with van der Waals surface area (Å²) in [5, 5.41) is 2.93. The zero-order valence-corrected chi connectivity index (χ0v) is 21.8. The van der Waals surface area contributed by atoms with E-state index in [4.69, 9.17) is 0 Å². The van der Waals surface area contributed by atoms with E-state index in [-0.39, 0.29) is 47.9 Å². The Morgan fingerprint density at radius 1 is 1.06 bits per heavy atom. The van der Waals surface area contributed by atoms with Gasteiger partial charge in [0.15, 0.2) is 5.78 Å². The molecule has 1 aliphatic carbocycles. The Morgan fingerprint density at radius 2 is 1.78 bits per heavy atom. The molecule has 0 aromatic heterocycles. The van der Waals surface area contributed by atoms with Crippen molar-refractivity contribution in [3.05, 3.63) is 42.0 Å². The molecule has 4 rings (SSSR count). The van der Waals surface area contributed by atoms with Crippen molar-refractivity contribution in [1.82, 2.24) is 15.1 Å². The van der Waals surface area contributed by atoms with E-state index in [1.807, 2.05) is 51.1 Å². The molecule has 0 spiro atoms. The summed E-state index contributed by atoms with van der Waals surface area (Å²) in [5.41, 5.74) is 1.46. The second kappa shape index (κ2) is 10.8. The number of amides is 3. The molecule has 4 atom stereocenters. The Balaban J connectivity index is 1.47. The highest BCUT2D eigenvalue weighted by molar-refractivity contribution is 6.01. The van der Waals surface area contributed by atoms with Crippen molar-refractivity contribution in [2.75, 3.05) is 32.1 Å². The standard InChI is InChI=1S/C28H38N4O4/c1-18(2)16-22(29-26(34)19-10-12-21(13-11-19)30(3)4)28(36)31-15-14-23-25(31)24(33)17-32(23)27(35)20-8-6-5-7-9-20/h5-6,10-13,18,20,22-23,25H,7-9,14-17H2,1-4H3,(H,29,34)/t20?,22-,23?,25-/m0/s1. The van der Waals surface area contributed by atoms with E-state index in [9.17, 15) is 19.2 Å². The Morgan fingerprint density at radius 3 is 2.39 bits per heavy atom. The van der Waals surface area contributed by atoms with Crippen LogP contribution < -0.4 is 10.2 Å². The highest BCUT2D eigenvalue weighted by Gasteiger charge is 2.52. The quantitative estimate of drug-likeness (QED) is 0.589. The molecule has 1 N–H and O–H groups in total. The highest BCUT2D eigenvalue weighted by Crippen LogP contribution is 2.33. The number of anilines is 1. The van der Waals surface area contributed by atoms with E-state index < -0.39 is 12.1 Å². The predicted octanol–water partition coefficient (Wildman–Crippen LogP) is 2.63. The lowest BCUT2D eigenvalue weighted by atomic mass is 9.93. The first-order valence-electron chi connectivity index (χ1n) is 13.0. The van der Waals surface area contributed by atoms with Crippen LogP contribution in [0.4, 0.5) is 5.69 Å². The summed E-state index contributed by atoms with van der Waals surface area (Å²) in [5.74, 6) is -0.515. The summed E-state index contributed by atoms with van der Waals surface area (Å²) in [4.78, 5) is 58.2. The zero-order chi connectivity index (χ0) is 26.0. The summed E-state index contributed by atoms with van der Waals surface area (Å²) in [6, 6.07) is 5.61. The fourth-order valence-corrected chi connectivity index (χ4v) is 5.66. The van der Waals surface area contributed by atoms with Crippen LogP contribution in [0.15, 0.2) is 36.4 Å². The number of rotatable bonds is 7. The van der Waals surface area contributed by atoms with Crippen molar-refractivity contribution in [3.63, 3.8) is 0 Å². The van der Waals surface area contributed by atoms with E-state index in [1.165, 1.54) is 0 Å². The van der Waals surface area contributed by atoms with Gasteiger partial charge in [-0.3, -0.25) is 19.2 Å². The Kier molecular flexibility index (Phi) is 7.81. The van der Waals surface area contributed by atoms with E-state index in [2.05, 4.69) is 11.4 Å². The normalized spacial score (nSPS) is 24.1. The number of hydrogen-bond donors (Lipinski definition) is 1. The highest BCUT2D eigenvalue weighted by atomic mass is 16.2. The number of allylic oxidation sites excluding steroid dienone is 2. The van der Waals surface area contributed by atoms with Gasteiger partial charge in [-0.05, 0) is 62.3 Å². The van der Waals surface area contributed by atoms with Gasteiger partial charge in [0.1, 0.15) is 12.1 Å². The molecule has 1 aromatic carbocycles. The molecule has 0 radical (unpaired) electrons. The second-order valence-corrected chi connectivity index (χ2v) is 10.8. The number of ketones is 1. The van der Waals surface area contributed by atoms with E-state index in [0.717, 1.165) is 18.5 Å². The largest absolute Gasteiger partial charge is 0.378 e. The molecule has 2 unspecified atom stereocenters. The fraction of sp³-hybridized carbons (Fsp3) is 0.571. The third-order valence-electron chi connectivity index (χ3n) is 7.56. The van der Waals surface area contributed by atoms with Crippen molar-refractivity contribution in [2.24, 2.45) is 11.8 Å². The van der Waals surface area contributed by atoms with Gasteiger partial charge in [-0.25, -0.2) is 0 Å². The first kappa shape index (κ1) is 25.9. The lowest BCUT2D eigenvalue weighted by molar-refractivity contribution is -0.138. The number of hydrogen-bond acceptors (Lipinski definition) is 5. The number of carbonyl (C=O) groups is 4. The minimum atomic E-state index is -0.731.